The number of imidazole rings is 1. The third kappa shape index (κ3) is 2.28. The van der Waals surface area contributed by atoms with Crippen molar-refractivity contribution in [3.63, 3.8) is 0 Å². The number of aromatic hydroxyl groups is 1. The number of nitrogens with zero attached hydrogens (tertiary/aromatic N) is 2. The summed E-state index contributed by atoms with van der Waals surface area (Å²) in [5.41, 5.74) is 5.37. The predicted molar refractivity (Wildman–Crippen MR) is 66.2 cm³/mol. The van der Waals surface area contributed by atoms with Crippen LogP contribution < -0.4 is 5.73 Å². The molecule has 0 aliphatic rings. The van der Waals surface area contributed by atoms with Gasteiger partial charge in [-0.05, 0) is 26.0 Å². The predicted octanol–water partition coefficient (Wildman–Crippen LogP) is 0.612. The molecule has 0 fully saturated rings. The van der Waals surface area contributed by atoms with E-state index in [1.165, 1.54) is 12.1 Å². The van der Waals surface area contributed by atoms with Crippen molar-refractivity contribution in [2.75, 3.05) is 0 Å². The molecule has 0 saturated heterocycles. The van der Waals surface area contributed by atoms with Crippen molar-refractivity contribution < 1.29 is 15.0 Å². The van der Waals surface area contributed by atoms with Crippen LogP contribution in [-0.2, 0) is 6.54 Å². The van der Waals surface area contributed by atoms with Gasteiger partial charge < -0.3 is 20.5 Å². The number of aliphatic hydroxyl groups is 1. The summed E-state index contributed by atoms with van der Waals surface area (Å²) in [5.74, 6) is -0.543. The van der Waals surface area contributed by atoms with Crippen LogP contribution in [0.4, 0.5) is 0 Å². The van der Waals surface area contributed by atoms with Crippen molar-refractivity contribution in [3.05, 3.63) is 24.0 Å². The highest BCUT2D eigenvalue weighted by atomic mass is 16.3. The third-order valence-electron chi connectivity index (χ3n) is 2.50. The quantitative estimate of drug-likeness (QED) is 0.741. The van der Waals surface area contributed by atoms with Crippen LogP contribution in [0.5, 0.6) is 5.75 Å². The number of amides is 1. The Balaban J connectivity index is 2.67. The van der Waals surface area contributed by atoms with Gasteiger partial charge in [0.25, 0.3) is 5.91 Å². The lowest BCUT2D eigenvalue weighted by Gasteiger charge is -2.19. The van der Waals surface area contributed by atoms with Gasteiger partial charge in [0.05, 0.1) is 23.2 Å². The van der Waals surface area contributed by atoms with Gasteiger partial charge >= 0.3 is 0 Å². The van der Waals surface area contributed by atoms with E-state index in [-0.39, 0.29) is 18.1 Å². The zero-order valence-corrected chi connectivity index (χ0v) is 10.2. The average Bonchev–Trinajstić information content (AvgIpc) is 2.54. The van der Waals surface area contributed by atoms with E-state index in [0.29, 0.717) is 11.0 Å². The lowest BCUT2D eigenvalue weighted by Crippen LogP contribution is -2.29. The molecule has 6 heteroatoms. The fourth-order valence-electron chi connectivity index (χ4n) is 1.85. The number of carbonyl (C=O) groups is 1. The van der Waals surface area contributed by atoms with Crippen LogP contribution in [0.1, 0.15) is 24.5 Å². The van der Waals surface area contributed by atoms with Crippen molar-refractivity contribution in [1.29, 1.82) is 0 Å². The topological polar surface area (TPSA) is 101 Å². The van der Waals surface area contributed by atoms with Gasteiger partial charge in [0.15, 0.2) is 5.82 Å². The Labute approximate surface area is 104 Å². The summed E-state index contributed by atoms with van der Waals surface area (Å²) in [4.78, 5) is 15.4. The number of phenolic OH excluding ortho intramolecular Hbond substituents is 1. The molecule has 0 bridgehead atoms. The molecule has 0 spiro atoms. The molecule has 0 radical (unpaired) electrons. The summed E-state index contributed by atoms with van der Waals surface area (Å²) in [6.45, 7) is 3.45. The Morgan fingerprint density at radius 1 is 1.50 bits per heavy atom. The number of aromatic nitrogens is 2. The Bertz CT molecular complexity index is 611. The smallest absolute Gasteiger partial charge is 0.284 e. The van der Waals surface area contributed by atoms with Gasteiger partial charge in [0.1, 0.15) is 5.75 Å². The number of carbonyl (C=O) groups excluding carboxylic acids is 1. The number of nitrogens with two attached hydrogens (primary N) is 1. The van der Waals surface area contributed by atoms with Gasteiger partial charge in [-0.1, -0.05) is 0 Å². The molecule has 0 unspecified atom stereocenters. The first-order chi connectivity index (χ1) is 8.28. The van der Waals surface area contributed by atoms with Crippen LogP contribution in [0, 0.1) is 0 Å². The number of rotatable bonds is 3. The molecule has 1 aromatic carbocycles. The summed E-state index contributed by atoms with van der Waals surface area (Å²) in [6.07, 6.45) is 0. The number of benzene rings is 1. The molecule has 0 saturated carbocycles. The number of primary amides is 1. The molecule has 6 nitrogen and oxygen atoms in total. The monoisotopic (exact) mass is 249 g/mol. The summed E-state index contributed by atoms with van der Waals surface area (Å²) < 4.78 is 1.55. The Hall–Kier alpha value is -2.08. The van der Waals surface area contributed by atoms with Crippen LogP contribution in [0.25, 0.3) is 11.0 Å². The van der Waals surface area contributed by atoms with Gasteiger partial charge in [-0.15, -0.1) is 0 Å². The fraction of sp³-hybridized carbons (Fsp3) is 0.333. The minimum Gasteiger partial charge on any atom is -0.508 e. The highest BCUT2D eigenvalue weighted by Crippen LogP contribution is 2.22. The van der Waals surface area contributed by atoms with E-state index in [4.69, 9.17) is 5.73 Å². The van der Waals surface area contributed by atoms with Crippen LogP contribution >= 0.6 is 0 Å². The summed E-state index contributed by atoms with van der Waals surface area (Å²) in [6, 6.07) is 4.58. The molecule has 0 atom stereocenters. The number of phenols is 1. The molecule has 1 amide bonds. The third-order valence-corrected chi connectivity index (χ3v) is 2.50. The molecule has 2 aromatic rings. The lowest BCUT2D eigenvalue weighted by atomic mass is 10.1. The first kappa shape index (κ1) is 12.4. The molecule has 4 N–H and O–H groups in total. The van der Waals surface area contributed by atoms with E-state index < -0.39 is 11.5 Å². The van der Waals surface area contributed by atoms with E-state index >= 15 is 0 Å². The van der Waals surface area contributed by atoms with Gasteiger partial charge in [0.2, 0.25) is 0 Å². The molecular weight excluding hydrogens is 234 g/mol. The second-order valence-corrected chi connectivity index (χ2v) is 4.87. The van der Waals surface area contributed by atoms with Crippen molar-refractivity contribution in [2.45, 2.75) is 26.0 Å². The van der Waals surface area contributed by atoms with Crippen molar-refractivity contribution in [3.8, 4) is 5.75 Å². The maximum Gasteiger partial charge on any atom is 0.284 e. The molecular formula is C12H15N3O3. The number of fused-ring (bicyclic) bond motifs is 1. The first-order valence-electron chi connectivity index (χ1n) is 5.49. The molecule has 0 aliphatic carbocycles. The fourth-order valence-corrected chi connectivity index (χ4v) is 1.85. The van der Waals surface area contributed by atoms with Gasteiger partial charge in [-0.3, -0.25) is 4.79 Å². The Kier molecular flexibility index (Phi) is 2.74. The van der Waals surface area contributed by atoms with E-state index in [0.717, 1.165) is 0 Å². The lowest BCUT2D eigenvalue weighted by molar-refractivity contribution is 0.0614. The largest absolute Gasteiger partial charge is 0.508 e. The van der Waals surface area contributed by atoms with E-state index in [1.54, 1.807) is 24.5 Å². The number of hydrogen-bond acceptors (Lipinski definition) is 4. The van der Waals surface area contributed by atoms with Gasteiger partial charge in [-0.25, -0.2) is 4.98 Å². The van der Waals surface area contributed by atoms with Crippen molar-refractivity contribution in [1.82, 2.24) is 9.55 Å². The van der Waals surface area contributed by atoms with Crippen molar-refractivity contribution >= 4 is 16.9 Å². The second kappa shape index (κ2) is 3.99. The number of hydrogen-bond donors (Lipinski definition) is 3. The minimum absolute atomic E-state index is 0.0615. The SMILES string of the molecule is CC(C)(O)Cn1c(C(N)=O)nc2cc(O)ccc21. The molecule has 96 valence electrons. The zero-order chi connectivity index (χ0) is 13.5. The molecule has 2 rings (SSSR count). The maximum atomic E-state index is 11.4. The molecule has 1 heterocycles. The van der Waals surface area contributed by atoms with E-state index in [9.17, 15) is 15.0 Å². The summed E-state index contributed by atoms with van der Waals surface area (Å²) in [5, 5.41) is 19.2. The molecule has 18 heavy (non-hydrogen) atoms. The Morgan fingerprint density at radius 3 is 2.72 bits per heavy atom. The van der Waals surface area contributed by atoms with Crippen LogP contribution in [0.2, 0.25) is 0 Å². The maximum absolute atomic E-state index is 11.4. The second-order valence-electron chi connectivity index (χ2n) is 4.87. The van der Waals surface area contributed by atoms with Gasteiger partial charge in [-0.2, -0.15) is 0 Å². The summed E-state index contributed by atoms with van der Waals surface area (Å²) in [7, 11) is 0. The standard InChI is InChI=1S/C12H15N3O3/c1-12(2,18)6-15-9-4-3-7(16)5-8(9)14-11(15)10(13)17/h3-5,16,18H,6H2,1-2H3,(H2,13,17). The minimum atomic E-state index is -1.00. The zero-order valence-electron chi connectivity index (χ0n) is 10.2. The molecule has 0 aliphatic heterocycles. The highest BCUT2D eigenvalue weighted by Gasteiger charge is 2.21. The van der Waals surface area contributed by atoms with E-state index in [2.05, 4.69) is 4.98 Å². The van der Waals surface area contributed by atoms with Crippen LogP contribution in [-0.4, -0.2) is 31.3 Å². The highest BCUT2D eigenvalue weighted by molar-refractivity contribution is 5.94. The summed E-state index contributed by atoms with van der Waals surface area (Å²) >= 11 is 0. The molecule has 1 aromatic heterocycles. The Morgan fingerprint density at radius 2 is 2.17 bits per heavy atom. The van der Waals surface area contributed by atoms with E-state index in [1.807, 2.05) is 0 Å². The average molecular weight is 249 g/mol. The first-order valence-corrected chi connectivity index (χ1v) is 5.49. The van der Waals surface area contributed by atoms with Crippen LogP contribution in [0.15, 0.2) is 18.2 Å². The normalized spacial score (nSPS) is 11.9. The van der Waals surface area contributed by atoms with Crippen LogP contribution in [0.3, 0.4) is 0 Å². The van der Waals surface area contributed by atoms with Crippen molar-refractivity contribution in [2.24, 2.45) is 5.73 Å². The van der Waals surface area contributed by atoms with Gasteiger partial charge in [0, 0.05) is 6.07 Å².